The molecule has 0 amide bonds. The van der Waals surface area contributed by atoms with Crippen LogP contribution >= 0.6 is 11.6 Å². The maximum Gasteiger partial charge on any atom is 0.353 e. The molecule has 3 aromatic heterocycles. The fourth-order valence-corrected chi connectivity index (χ4v) is 2.86. The largest absolute Gasteiger partial charge is 0.369 e. The Morgan fingerprint density at radius 3 is 2.67 bits per heavy atom. The van der Waals surface area contributed by atoms with Crippen LogP contribution in [-0.2, 0) is 13.1 Å². The van der Waals surface area contributed by atoms with Crippen molar-refractivity contribution in [3.63, 3.8) is 0 Å². The van der Waals surface area contributed by atoms with E-state index in [9.17, 15) is 4.79 Å². The minimum Gasteiger partial charge on any atom is -0.369 e. The van der Waals surface area contributed by atoms with Gasteiger partial charge in [-0.1, -0.05) is 30.3 Å². The fourth-order valence-electron chi connectivity index (χ4n) is 2.70. The number of halogens is 1. The maximum atomic E-state index is 12.6. The lowest BCUT2D eigenvalue weighted by atomic mass is 10.2. The van der Waals surface area contributed by atoms with Crippen LogP contribution in [0.3, 0.4) is 0 Å². The molecule has 0 aliphatic heterocycles. The number of benzene rings is 1. The molecule has 3 heterocycles. The molecule has 8 nitrogen and oxygen atoms in total. The van der Waals surface area contributed by atoms with Crippen molar-refractivity contribution in [2.75, 3.05) is 11.6 Å². The third-order valence-electron chi connectivity index (χ3n) is 3.81. The first-order valence-corrected chi connectivity index (χ1v) is 7.93. The van der Waals surface area contributed by atoms with Crippen molar-refractivity contribution in [1.29, 1.82) is 0 Å². The van der Waals surface area contributed by atoms with Crippen molar-refractivity contribution in [1.82, 2.24) is 28.9 Å². The van der Waals surface area contributed by atoms with Crippen molar-refractivity contribution in [3.05, 3.63) is 52.6 Å². The van der Waals surface area contributed by atoms with Gasteiger partial charge in [-0.05, 0) is 5.56 Å². The smallest absolute Gasteiger partial charge is 0.353 e. The van der Waals surface area contributed by atoms with Crippen molar-refractivity contribution in [2.45, 2.75) is 13.1 Å². The highest BCUT2D eigenvalue weighted by Crippen LogP contribution is 2.18. The van der Waals surface area contributed by atoms with Crippen molar-refractivity contribution in [2.24, 2.45) is 0 Å². The second-order valence-electron chi connectivity index (χ2n) is 5.35. The van der Waals surface area contributed by atoms with Crippen LogP contribution in [0.1, 0.15) is 5.56 Å². The van der Waals surface area contributed by atoms with Crippen LogP contribution in [0.2, 0.25) is 0 Å². The van der Waals surface area contributed by atoms with E-state index in [-0.39, 0.29) is 11.6 Å². The van der Waals surface area contributed by atoms with Crippen molar-refractivity contribution >= 4 is 34.2 Å². The molecule has 0 aliphatic rings. The van der Waals surface area contributed by atoms with Gasteiger partial charge < -0.3 is 5.73 Å². The number of anilines is 1. The Labute approximate surface area is 141 Å². The van der Waals surface area contributed by atoms with Crippen LogP contribution in [0.5, 0.6) is 0 Å². The van der Waals surface area contributed by atoms with E-state index in [4.69, 9.17) is 17.3 Å². The van der Waals surface area contributed by atoms with Crippen LogP contribution in [0.15, 0.2) is 41.3 Å². The molecule has 2 N–H and O–H groups in total. The standard InChI is InChI=1S/C15H14ClN7O/c16-6-7-21-12-11(8-18-21)13-20-22(9-10-4-2-1-3-5-10)15(24)23(13)14(17)19-12/h1-5,8H,6-7,9H2,(H2,17,19). The summed E-state index contributed by atoms with van der Waals surface area (Å²) in [7, 11) is 0. The minimum absolute atomic E-state index is 0.0816. The highest BCUT2D eigenvalue weighted by molar-refractivity contribution is 6.17. The first kappa shape index (κ1) is 14.7. The van der Waals surface area contributed by atoms with Gasteiger partial charge in [0, 0.05) is 5.88 Å². The topological polar surface area (TPSA) is 96.0 Å². The summed E-state index contributed by atoms with van der Waals surface area (Å²) in [4.78, 5) is 16.9. The van der Waals surface area contributed by atoms with Gasteiger partial charge in [0.05, 0.1) is 24.7 Å². The summed E-state index contributed by atoms with van der Waals surface area (Å²) >= 11 is 5.78. The molecule has 1 aromatic carbocycles. The number of alkyl halides is 1. The quantitative estimate of drug-likeness (QED) is 0.560. The fraction of sp³-hybridized carbons (Fsp3) is 0.200. The van der Waals surface area contributed by atoms with Crippen LogP contribution in [0.25, 0.3) is 16.7 Å². The van der Waals surface area contributed by atoms with E-state index < -0.39 is 0 Å². The molecule has 0 spiro atoms. The van der Waals surface area contributed by atoms with E-state index in [2.05, 4.69) is 15.2 Å². The Morgan fingerprint density at radius 1 is 1.12 bits per heavy atom. The average Bonchev–Trinajstić information content (AvgIpc) is 3.12. The summed E-state index contributed by atoms with van der Waals surface area (Å²) in [5.74, 6) is 0.483. The SMILES string of the molecule is Nc1nc2c(cnn2CCCl)c2nn(Cc3ccccc3)c(=O)n12. The van der Waals surface area contributed by atoms with Crippen molar-refractivity contribution < 1.29 is 0 Å². The van der Waals surface area contributed by atoms with Crippen molar-refractivity contribution in [3.8, 4) is 0 Å². The predicted octanol–water partition coefficient (Wildman–Crippen LogP) is 1.11. The van der Waals surface area contributed by atoms with E-state index in [0.717, 1.165) is 5.56 Å². The van der Waals surface area contributed by atoms with Crippen LogP contribution in [0, 0.1) is 0 Å². The number of aromatic nitrogens is 6. The molecule has 0 saturated carbocycles. The average molecular weight is 344 g/mol. The second kappa shape index (κ2) is 5.64. The molecule has 0 fully saturated rings. The second-order valence-corrected chi connectivity index (χ2v) is 5.73. The summed E-state index contributed by atoms with van der Waals surface area (Å²) in [6.45, 7) is 0.862. The van der Waals surface area contributed by atoms with E-state index in [1.54, 1.807) is 10.9 Å². The van der Waals surface area contributed by atoms with Gasteiger partial charge >= 0.3 is 5.69 Å². The molecule has 0 atom stereocenters. The van der Waals surface area contributed by atoms with Gasteiger partial charge in [-0.15, -0.1) is 16.7 Å². The van der Waals surface area contributed by atoms with Gasteiger partial charge in [0.25, 0.3) is 0 Å². The van der Waals surface area contributed by atoms with Crippen LogP contribution in [0.4, 0.5) is 5.95 Å². The Hall–Kier alpha value is -2.87. The normalized spacial score (nSPS) is 11.5. The number of rotatable bonds is 4. The monoisotopic (exact) mass is 343 g/mol. The first-order valence-electron chi connectivity index (χ1n) is 7.39. The summed E-state index contributed by atoms with van der Waals surface area (Å²) in [5.41, 5.74) is 7.64. The third kappa shape index (κ3) is 2.23. The molecule has 24 heavy (non-hydrogen) atoms. The first-order chi connectivity index (χ1) is 11.7. The highest BCUT2D eigenvalue weighted by Gasteiger charge is 2.17. The number of nitrogens with zero attached hydrogens (tertiary/aromatic N) is 6. The zero-order valence-corrected chi connectivity index (χ0v) is 13.4. The molecule has 0 unspecified atom stereocenters. The molecule has 0 radical (unpaired) electrons. The van der Waals surface area contributed by atoms with Gasteiger partial charge in [0.1, 0.15) is 0 Å². The van der Waals surface area contributed by atoms with E-state index in [1.165, 1.54) is 9.08 Å². The number of fused-ring (bicyclic) bond motifs is 3. The van der Waals surface area contributed by atoms with Crippen LogP contribution in [-0.4, -0.2) is 34.8 Å². The Balaban J connectivity index is 1.92. The molecule has 4 rings (SSSR count). The summed E-state index contributed by atoms with van der Waals surface area (Å²) in [6, 6.07) is 9.63. The molecule has 4 aromatic rings. The third-order valence-corrected chi connectivity index (χ3v) is 3.98. The Morgan fingerprint density at radius 2 is 1.92 bits per heavy atom. The zero-order valence-electron chi connectivity index (χ0n) is 12.6. The zero-order chi connectivity index (χ0) is 16.7. The summed E-state index contributed by atoms with van der Waals surface area (Å²) in [5, 5.41) is 9.34. The number of hydrogen-bond donors (Lipinski definition) is 1. The molecule has 0 aliphatic carbocycles. The number of nitrogen functional groups attached to an aromatic ring is 1. The summed E-state index contributed by atoms with van der Waals surface area (Å²) < 4.78 is 4.33. The molecule has 122 valence electrons. The van der Waals surface area contributed by atoms with E-state index in [1.807, 2.05) is 30.3 Å². The van der Waals surface area contributed by atoms with Gasteiger partial charge in [0.2, 0.25) is 5.95 Å². The highest BCUT2D eigenvalue weighted by atomic mass is 35.5. The predicted molar refractivity (Wildman–Crippen MR) is 91.2 cm³/mol. The lowest BCUT2D eigenvalue weighted by Crippen LogP contribution is -2.23. The molecule has 0 bridgehead atoms. The Kier molecular flexibility index (Phi) is 3.46. The lowest BCUT2D eigenvalue weighted by molar-refractivity contribution is 0.658. The minimum atomic E-state index is -0.328. The van der Waals surface area contributed by atoms with Gasteiger partial charge in [0.15, 0.2) is 11.3 Å². The molecular formula is C15H14ClN7O. The van der Waals surface area contributed by atoms with Gasteiger partial charge in [-0.2, -0.15) is 10.1 Å². The van der Waals surface area contributed by atoms with Crippen LogP contribution < -0.4 is 11.4 Å². The van der Waals surface area contributed by atoms with Gasteiger partial charge in [-0.3, -0.25) is 0 Å². The van der Waals surface area contributed by atoms with Gasteiger partial charge in [-0.25, -0.2) is 18.6 Å². The van der Waals surface area contributed by atoms with E-state index >= 15 is 0 Å². The molecule has 0 saturated heterocycles. The molecule has 9 heteroatoms. The molecular weight excluding hydrogens is 330 g/mol. The maximum absolute atomic E-state index is 12.6. The lowest BCUT2D eigenvalue weighted by Gasteiger charge is -2.01. The van der Waals surface area contributed by atoms with E-state index in [0.29, 0.717) is 35.7 Å². The Bertz CT molecular complexity index is 1080. The summed E-state index contributed by atoms with van der Waals surface area (Å²) in [6.07, 6.45) is 1.63. The number of nitrogens with two attached hydrogens (primary N) is 1. The number of hydrogen-bond acceptors (Lipinski definition) is 5. The number of aryl methyl sites for hydroxylation is 1.